The van der Waals surface area contributed by atoms with Gasteiger partial charge < -0.3 is 5.73 Å². The molecule has 0 spiro atoms. The highest BCUT2D eigenvalue weighted by Crippen LogP contribution is 2.37. The molecule has 1 atom stereocenters. The predicted octanol–water partition coefficient (Wildman–Crippen LogP) is 3.05. The first kappa shape index (κ1) is 12.6. The second kappa shape index (κ2) is 4.92. The van der Waals surface area contributed by atoms with Crippen molar-refractivity contribution in [1.82, 2.24) is 20.2 Å². The summed E-state index contributed by atoms with van der Waals surface area (Å²) in [4.78, 5) is 0. The molecule has 0 amide bonds. The Morgan fingerprint density at radius 1 is 1.37 bits per heavy atom. The molecule has 1 aromatic carbocycles. The van der Waals surface area contributed by atoms with Gasteiger partial charge in [-0.1, -0.05) is 22.4 Å². The van der Waals surface area contributed by atoms with Crippen LogP contribution in [0.4, 0.5) is 5.69 Å². The van der Waals surface area contributed by atoms with E-state index in [0.29, 0.717) is 17.6 Å². The molecule has 0 aliphatic heterocycles. The Kier molecular flexibility index (Phi) is 3.26. The van der Waals surface area contributed by atoms with E-state index < -0.39 is 0 Å². The first-order chi connectivity index (χ1) is 9.15. The van der Waals surface area contributed by atoms with Crippen molar-refractivity contribution in [2.75, 3.05) is 5.73 Å². The van der Waals surface area contributed by atoms with E-state index in [4.69, 9.17) is 5.73 Å². The average molecular weight is 322 g/mol. The summed E-state index contributed by atoms with van der Waals surface area (Å²) >= 11 is 3.46. The monoisotopic (exact) mass is 321 g/mol. The third-order valence-corrected chi connectivity index (χ3v) is 4.35. The maximum absolute atomic E-state index is 5.88. The zero-order chi connectivity index (χ0) is 13.4. The summed E-state index contributed by atoms with van der Waals surface area (Å²) < 4.78 is 2.86. The Bertz CT molecular complexity index is 570. The highest BCUT2D eigenvalue weighted by Gasteiger charge is 2.28. The molecule has 2 aromatic rings. The van der Waals surface area contributed by atoms with Crippen LogP contribution < -0.4 is 5.73 Å². The van der Waals surface area contributed by atoms with E-state index in [1.807, 2.05) is 22.9 Å². The lowest BCUT2D eigenvalue weighted by Gasteiger charge is -2.31. The van der Waals surface area contributed by atoms with E-state index in [9.17, 15) is 0 Å². The molecule has 0 bridgehead atoms. The largest absolute Gasteiger partial charge is 0.399 e. The summed E-state index contributed by atoms with van der Waals surface area (Å²) in [7, 11) is 0. The summed E-state index contributed by atoms with van der Waals surface area (Å²) in [6.45, 7) is 2.19. The molecule has 1 unspecified atom stereocenters. The van der Waals surface area contributed by atoms with Gasteiger partial charge in [-0.3, -0.25) is 0 Å². The molecule has 1 aliphatic carbocycles. The van der Waals surface area contributed by atoms with Crippen molar-refractivity contribution in [3.8, 4) is 11.4 Å². The highest BCUT2D eigenvalue weighted by molar-refractivity contribution is 9.10. The summed E-state index contributed by atoms with van der Waals surface area (Å²) in [6, 6.07) is 6.10. The Labute approximate surface area is 120 Å². The first-order valence-corrected chi connectivity index (χ1v) is 7.29. The van der Waals surface area contributed by atoms with E-state index >= 15 is 0 Å². The standard InChI is InChI=1S/C13H16BrN5/c1-8(9-3-2-4-9)19-13(16-17-18-19)10-5-11(14)7-12(15)6-10/h5-9H,2-4,15H2,1H3. The maximum atomic E-state index is 5.88. The molecule has 2 N–H and O–H groups in total. The number of hydrogen-bond donors (Lipinski definition) is 1. The number of aromatic nitrogens is 4. The number of nitrogens with zero attached hydrogens (tertiary/aromatic N) is 4. The summed E-state index contributed by atoms with van der Waals surface area (Å²) in [5.74, 6) is 1.47. The van der Waals surface area contributed by atoms with Gasteiger partial charge in [-0.05, 0) is 54.3 Å². The fourth-order valence-corrected chi connectivity index (χ4v) is 3.03. The van der Waals surface area contributed by atoms with Crippen molar-refractivity contribution in [3.05, 3.63) is 22.7 Å². The van der Waals surface area contributed by atoms with Crippen molar-refractivity contribution in [2.24, 2.45) is 5.92 Å². The van der Waals surface area contributed by atoms with Crippen LogP contribution in [0.1, 0.15) is 32.2 Å². The van der Waals surface area contributed by atoms with Crippen LogP contribution >= 0.6 is 15.9 Å². The second-order valence-electron chi connectivity index (χ2n) is 5.15. The SMILES string of the molecule is CC(C1CCC1)n1nnnc1-c1cc(N)cc(Br)c1. The summed E-state index contributed by atoms with van der Waals surface area (Å²) in [5.41, 5.74) is 7.53. The minimum atomic E-state index is 0.332. The fourth-order valence-electron chi connectivity index (χ4n) is 2.52. The minimum Gasteiger partial charge on any atom is -0.399 e. The number of nitrogen functional groups attached to an aromatic ring is 1. The van der Waals surface area contributed by atoms with E-state index in [-0.39, 0.29) is 0 Å². The molecule has 100 valence electrons. The maximum Gasteiger partial charge on any atom is 0.182 e. The van der Waals surface area contributed by atoms with Crippen molar-refractivity contribution in [2.45, 2.75) is 32.2 Å². The van der Waals surface area contributed by atoms with Crippen molar-refractivity contribution < 1.29 is 0 Å². The van der Waals surface area contributed by atoms with Gasteiger partial charge in [0.2, 0.25) is 0 Å². The van der Waals surface area contributed by atoms with Crippen LogP contribution in [0.25, 0.3) is 11.4 Å². The zero-order valence-electron chi connectivity index (χ0n) is 10.8. The van der Waals surface area contributed by atoms with E-state index in [0.717, 1.165) is 15.9 Å². The normalized spacial score (nSPS) is 17.2. The van der Waals surface area contributed by atoms with Gasteiger partial charge in [0, 0.05) is 15.7 Å². The topological polar surface area (TPSA) is 69.6 Å². The molecule has 1 saturated carbocycles. The summed E-state index contributed by atoms with van der Waals surface area (Å²) in [5, 5.41) is 12.1. The van der Waals surface area contributed by atoms with Gasteiger partial charge in [0.05, 0.1) is 6.04 Å². The van der Waals surface area contributed by atoms with E-state index in [1.165, 1.54) is 19.3 Å². The lowest BCUT2D eigenvalue weighted by Crippen LogP contribution is -2.24. The molecule has 19 heavy (non-hydrogen) atoms. The van der Waals surface area contributed by atoms with Crippen molar-refractivity contribution in [3.63, 3.8) is 0 Å². The molecule has 6 heteroatoms. The number of hydrogen-bond acceptors (Lipinski definition) is 4. The third-order valence-electron chi connectivity index (χ3n) is 3.89. The molecule has 1 aliphatic rings. The Morgan fingerprint density at radius 3 is 2.79 bits per heavy atom. The molecule has 0 saturated heterocycles. The molecule has 1 aromatic heterocycles. The van der Waals surface area contributed by atoms with Gasteiger partial charge in [-0.15, -0.1) is 5.10 Å². The number of halogens is 1. The number of rotatable bonds is 3. The Balaban J connectivity index is 1.98. The van der Waals surface area contributed by atoms with Crippen LogP contribution in [-0.2, 0) is 0 Å². The van der Waals surface area contributed by atoms with E-state index in [1.54, 1.807) is 0 Å². The average Bonchev–Trinajstić information content (AvgIpc) is 2.73. The van der Waals surface area contributed by atoms with Crippen LogP contribution in [0.2, 0.25) is 0 Å². The van der Waals surface area contributed by atoms with Gasteiger partial charge in [0.25, 0.3) is 0 Å². The third kappa shape index (κ3) is 2.36. The van der Waals surface area contributed by atoms with Crippen LogP contribution in [0.5, 0.6) is 0 Å². The molecule has 1 fully saturated rings. The number of nitrogens with two attached hydrogens (primary N) is 1. The number of benzene rings is 1. The minimum absolute atomic E-state index is 0.332. The Morgan fingerprint density at radius 2 is 2.16 bits per heavy atom. The van der Waals surface area contributed by atoms with Gasteiger partial charge in [-0.25, -0.2) is 4.68 Å². The number of tetrazole rings is 1. The van der Waals surface area contributed by atoms with Gasteiger partial charge in [0.1, 0.15) is 0 Å². The van der Waals surface area contributed by atoms with E-state index in [2.05, 4.69) is 38.4 Å². The van der Waals surface area contributed by atoms with Crippen LogP contribution in [0.15, 0.2) is 22.7 Å². The van der Waals surface area contributed by atoms with Crippen molar-refractivity contribution >= 4 is 21.6 Å². The van der Waals surface area contributed by atoms with Crippen molar-refractivity contribution in [1.29, 1.82) is 0 Å². The van der Waals surface area contributed by atoms with Gasteiger partial charge in [-0.2, -0.15) is 0 Å². The number of anilines is 1. The van der Waals surface area contributed by atoms with Crippen LogP contribution in [-0.4, -0.2) is 20.2 Å². The van der Waals surface area contributed by atoms with Gasteiger partial charge >= 0.3 is 0 Å². The Hall–Kier alpha value is -1.43. The highest BCUT2D eigenvalue weighted by atomic mass is 79.9. The summed E-state index contributed by atoms with van der Waals surface area (Å²) in [6.07, 6.45) is 3.85. The predicted molar refractivity (Wildman–Crippen MR) is 77.4 cm³/mol. The lowest BCUT2D eigenvalue weighted by atomic mass is 9.80. The quantitative estimate of drug-likeness (QED) is 0.882. The molecule has 0 radical (unpaired) electrons. The van der Waals surface area contributed by atoms with Gasteiger partial charge in [0.15, 0.2) is 5.82 Å². The lowest BCUT2D eigenvalue weighted by molar-refractivity contribution is 0.210. The fraction of sp³-hybridized carbons (Fsp3) is 0.462. The zero-order valence-corrected chi connectivity index (χ0v) is 12.3. The molecular weight excluding hydrogens is 306 g/mol. The second-order valence-corrected chi connectivity index (χ2v) is 6.07. The smallest absolute Gasteiger partial charge is 0.182 e. The molecule has 5 nitrogen and oxygen atoms in total. The first-order valence-electron chi connectivity index (χ1n) is 6.49. The molecule has 1 heterocycles. The van der Waals surface area contributed by atoms with Crippen LogP contribution in [0, 0.1) is 5.92 Å². The molecular formula is C13H16BrN5. The van der Waals surface area contributed by atoms with Crippen LogP contribution in [0.3, 0.4) is 0 Å². The molecule has 3 rings (SSSR count).